The molecule has 0 bridgehead atoms. The molecule has 2 unspecified atom stereocenters. The molecule has 0 radical (unpaired) electrons. The molecule has 0 aliphatic carbocycles. The standard InChI is InChI=1S/C18H22N2O3S.ClH/c1-12-9-13(4-5-15(12)19)18(22)20-6-7-23-11-14(20)10-16(21)17-3-2-8-24-17;/h2-5,8-9,14,16,21H,6-7,10-11,19H2,1H3;1H. The van der Waals surface area contributed by atoms with Gasteiger partial charge in [0.2, 0.25) is 0 Å². The molecule has 3 rings (SSSR count). The SMILES string of the molecule is Cc1cc(C(=O)N2CCOCC2CC(O)c2cccs2)ccc1N.Cl. The molecule has 1 aromatic carbocycles. The van der Waals surface area contributed by atoms with E-state index in [1.165, 1.54) is 11.3 Å². The molecule has 136 valence electrons. The number of aryl methyl sites for hydroxylation is 1. The van der Waals surface area contributed by atoms with Gasteiger partial charge in [-0.3, -0.25) is 4.79 Å². The molecule has 1 aliphatic rings. The van der Waals surface area contributed by atoms with Gasteiger partial charge in [0, 0.05) is 29.1 Å². The highest BCUT2D eigenvalue weighted by atomic mass is 35.5. The molecule has 2 heterocycles. The van der Waals surface area contributed by atoms with Gasteiger partial charge in [-0.05, 0) is 42.1 Å². The van der Waals surface area contributed by atoms with Crippen LogP contribution in [0.4, 0.5) is 5.69 Å². The highest BCUT2D eigenvalue weighted by Gasteiger charge is 2.30. The second kappa shape index (κ2) is 8.67. The molecule has 2 aromatic rings. The lowest BCUT2D eigenvalue weighted by atomic mass is 10.0. The lowest BCUT2D eigenvalue weighted by Crippen LogP contribution is -2.49. The minimum absolute atomic E-state index is 0. The van der Waals surface area contributed by atoms with E-state index in [0.717, 1.165) is 10.4 Å². The maximum Gasteiger partial charge on any atom is 0.254 e. The largest absolute Gasteiger partial charge is 0.399 e. The lowest BCUT2D eigenvalue weighted by Gasteiger charge is -2.36. The zero-order valence-electron chi connectivity index (χ0n) is 14.1. The highest BCUT2D eigenvalue weighted by Crippen LogP contribution is 2.27. The summed E-state index contributed by atoms with van der Waals surface area (Å²) in [6.45, 7) is 3.39. The number of hydrogen-bond donors (Lipinski definition) is 2. The van der Waals surface area contributed by atoms with Crippen LogP contribution in [0.1, 0.15) is 33.3 Å². The van der Waals surface area contributed by atoms with Gasteiger partial charge in [-0.1, -0.05) is 6.07 Å². The fourth-order valence-corrected chi connectivity index (χ4v) is 3.67. The molecule has 0 saturated carbocycles. The molecule has 5 nitrogen and oxygen atoms in total. The van der Waals surface area contributed by atoms with Crippen LogP contribution in [0.25, 0.3) is 0 Å². The molecule has 1 saturated heterocycles. The van der Waals surface area contributed by atoms with Crippen LogP contribution in [0.3, 0.4) is 0 Å². The topological polar surface area (TPSA) is 75.8 Å². The van der Waals surface area contributed by atoms with Gasteiger partial charge in [-0.2, -0.15) is 0 Å². The van der Waals surface area contributed by atoms with Gasteiger partial charge in [-0.15, -0.1) is 23.7 Å². The van der Waals surface area contributed by atoms with E-state index < -0.39 is 6.10 Å². The van der Waals surface area contributed by atoms with E-state index in [4.69, 9.17) is 10.5 Å². The van der Waals surface area contributed by atoms with Gasteiger partial charge in [-0.25, -0.2) is 0 Å². The predicted octanol–water partition coefficient (Wildman–Crippen LogP) is 3.03. The molecule has 1 aromatic heterocycles. The molecule has 7 heteroatoms. The molecule has 1 fully saturated rings. The Labute approximate surface area is 157 Å². The first-order chi connectivity index (χ1) is 11.6. The van der Waals surface area contributed by atoms with Crippen molar-refractivity contribution in [2.45, 2.75) is 25.5 Å². The van der Waals surface area contributed by atoms with Crippen molar-refractivity contribution in [2.24, 2.45) is 0 Å². The van der Waals surface area contributed by atoms with E-state index >= 15 is 0 Å². The molecular weight excluding hydrogens is 360 g/mol. The van der Waals surface area contributed by atoms with E-state index in [1.54, 1.807) is 12.1 Å². The Morgan fingerprint density at radius 1 is 1.48 bits per heavy atom. The first-order valence-corrected chi connectivity index (χ1v) is 8.90. The molecule has 1 aliphatic heterocycles. The summed E-state index contributed by atoms with van der Waals surface area (Å²) in [5, 5.41) is 12.4. The van der Waals surface area contributed by atoms with Gasteiger partial charge in [0.1, 0.15) is 0 Å². The average molecular weight is 383 g/mol. The zero-order valence-corrected chi connectivity index (χ0v) is 15.7. The third-order valence-electron chi connectivity index (χ3n) is 4.37. The predicted molar refractivity (Wildman–Crippen MR) is 102 cm³/mol. The Hall–Kier alpha value is -1.60. The van der Waals surface area contributed by atoms with Gasteiger partial charge in [0.05, 0.1) is 25.4 Å². The Morgan fingerprint density at radius 3 is 2.96 bits per heavy atom. The Bertz CT molecular complexity index is 708. The maximum atomic E-state index is 12.9. The number of carbonyl (C=O) groups is 1. The lowest BCUT2D eigenvalue weighted by molar-refractivity contribution is -0.0170. The Morgan fingerprint density at radius 2 is 2.28 bits per heavy atom. The minimum atomic E-state index is -0.583. The van der Waals surface area contributed by atoms with E-state index in [0.29, 0.717) is 37.4 Å². The maximum absolute atomic E-state index is 12.9. The second-order valence-electron chi connectivity index (χ2n) is 6.07. The van der Waals surface area contributed by atoms with Crippen LogP contribution in [0.5, 0.6) is 0 Å². The van der Waals surface area contributed by atoms with Crippen molar-refractivity contribution in [2.75, 3.05) is 25.5 Å². The van der Waals surface area contributed by atoms with Crippen LogP contribution in [0.2, 0.25) is 0 Å². The van der Waals surface area contributed by atoms with Crippen molar-refractivity contribution in [1.29, 1.82) is 0 Å². The van der Waals surface area contributed by atoms with Crippen molar-refractivity contribution in [3.05, 3.63) is 51.7 Å². The van der Waals surface area contributed by atoms with Crippen LogP contribution in [-0.4, -0.2) is 41.7 Å². The summed E-state index contributed by atoms with van der Waals surface area (Å²) in [7, 11) is 0. The first kappa shape index (κ1) is 19.7. The molecule has 25 heavy (non-hydrogen) atoms. The number of rotatable bonds is 4. The Balaban J connectivity index is 0.00000225. The number of amides is 1. The number of morpholine rings is 1. The van der Waals surface area contributed by atoms with Crippen molar-refractivity contribution in [3.63, 3.8) is 0 Å². The number of halogens is 1. The second-order valence-corrected chi connectivity index (χ2v) is 7.04. The number of anilines is 1. The number of carbonyl (C=O) groups excluding carboxylic acids is 1. The highest BCUT2D eigenvalue weighted by molar-refractivity contribution is 7.10. The fourth-order valence-electron chi connectivity index (χ4n) is 2.95. The van der Waals surface area contributed by atoms with Gasteiger partial charge >= 0.3 is 0 Å². The summed E-state index contributed by atoms with van der Waals surface area (Å²) >= 11 is 1.52. The summed E-state index contributed by atoms with van der Waals surface area (Å²) in [5.74, 6) is -0.0372. The smallest absolute Gasteiger partial charge is 0.254 e. The molecule has 0 spiro atoms. The summed E-state index contributed by atoms with van der Waals surface area (Å²) in [5.41, 5.74) is 8.03. The summed E-state index contributed by atoms with van der Waals surface area (Å²) in [6.07, 6.45) is -0.111. The molecule has 2 atom stereocenters. The first-order valence-electron chi connectivity index (χ1n) is 8.02. The number of nitrogen functional groups attached to an aromatic ring is 1. The van der Waals surface area contributed by atoms with E-state index in [2.05, 4.69) is 0 Å². The van der Waals surface area contributed by atoms with Crippen LogP contribution in [0, 0.1) is 6.92 Å². The summed E-state index contributed by atoms with van der Waals surface area (Å²) in [6, 6.07) is 9.03. The number of nitrogens with zero attached hydrogens (tertiary/aromatic N) is 1. The number of hydrogen-bond acceptors (Lipinski definition) is 5. The van der Waals surface area contributed by atoms with Crippen molar-refractivity contribution in [1.82, 2.24) is 4.90 Å². The van der Waals surface area contributed by atoms with Crippen LogP contribution >= 0.6 is 23.7 Å². The van der Waals surface area contributed by atoms with Crippen molar-refractivity contribution < 1.29 is 14.6 Å². The number of ether oxygens (including phenoxy) is 1. The van der Waals surface area contributed by atoms with Crippen molar-refractivity contribution >= 4 is 35.3 Å². The monoisotopic (exact) mass is 382 g/mol. The number of thiophene rings is 1. The Kier molecular flexibility index (Phi) is 6.84. The minimum Gasteiger partial charge on any atom is -0.399 e. The number of benzene rings is 1. The average Bonchev–Trinajstić information content (AvgIpc) is 3.12. The summed E-state index contributed by atoms with van der Waals surface area (Å²) in [4.78, 5) is 15.6. The van der Waals surface area contributed by atoms with Gasteiger partial charge < -0.3 is 20.5 Å². The normalized spacial score (nSPS) is 18.5. The number of nitrogens with two attached hydrogens (primary N) is 1. The molecular formula is C18H23ClN2O3S. The number of aliphatic hydroxyl groups is 1. The molecule has 1 amide bonds. The summed E-state index contributed by atoms with van der Waals surface area (Å²) < 4.78 is 5.54. The fraction of sp³-hybridized carbons (Fsp3) is 0.389. The van der Waals surface area contributed by atoms with Gasteiger partial charge in [0.15, 0.2) is 0 Å². The number of aliphatic hydroxyl groups excluding tert-OH is 1. The van der Waals surface area contributed by atoms with Crippen LogP contribution in [0.15, 0.2) is 35.7 Å². The van der Waals surface area contributed by atoms with Gasteiger partial charge in [0.25, 0.3) is 5.91 Å². The van der Waals surface area contributed by atoms with E-state index in [1.807, 2.05) is 35.4 Å². The van der Waals surface area contributed by atoms with Crippen LogP contribution in [-0.2, 0) is 4.74 Å². The third-order valence-corrected chi connectivity index (χ3v) is 5.35. The zero-order chi connectivity index (χ0) is 17.1. The quantitative estimate of drug-likeness (QED) is 0.797. The third kappa shape index (κ3) is 4.52. The van der Waals surface area contributed by atoms with E-state index in [9.17, 15) is 9.90 Å². The molecule has 3 N–H and O–H groups in total. The van der Waals surface area contributed by atoms with E-state index in [-0.39, 0.29) is 24.4 Å². The van der Waals surface area contributed by atoms with Crippen LogP contribution < -0.4 is 5.73 Å². The van der Waals surface area contributed by atoms with Crippen molar-refractivity contribution in [3.8, 4) is 0 Å².